The molecule has 0 saturated heterocycles. The Morgan fingerprint density at radius 2 is 1.35 bits per heavy atom. The van der Waals surface area contributed by atoms with Crippen LogP contribution in [0.2, 0.25) is 0 Å². The average Bonchev–Trinajstić information content (AvgIpc) is 3.01. The minimum atomic E-state index is -0.266. The van der Waals surface area contributed by atoms with Crippen LogP contribution in [0.1, 0.15) is 10.6 Å². The zero-order valence-electron chi connectivity index (χ0n) is 14.5. The first-order valence-electron chi connectivity index (χ1n) is 8.26. The van der Waals surface area contributed by atoms with Crippen LogP contribution in [0.5, 0.6) is 0 Å². The van der Waals surface area contributed by atoms with Gasteiger partial charge in [0, 0.05) is 31.7 Å². The summed E-state index contributed by atoms with van der Waals surface area (Å²) in [5.74, 6) is -0.266. The molecule has 0 N–H and O–H groups in total. The van der Waals surface area contributed by atoms with Crippen LogP contribution in [0.25, 0.3) is 27.9 Å². The molecule has 0 aliphatic rings. The summed E-state index contributed by atoms with van der Waals surface area (Å²) in [5, 5.41) is 0. The highest BCUT2D eigenvalue weighted by Gasteiger charge is 2.26. The first kappa shape index (κ1) is 16.5. The Morgan fingerprint density at radius 3 is 1.77 bits per heavy atom. The van der Waals surface area contributed by atoms with Crippen molar-refractivity contribution in [3.8, 4) is 27.9 Å². The molecule has 0 saturated carbocycles. The monoisotopic (exact) mass is 362 g/mol. The number of hydrogen-bond donors (Lipinski definition) is 0. The maximum absolute atomic E-state index is 14.6. The highest BCUT2D eigenvalue weighted by Crippen LogP contribution is 2.34. The summed E-state index contributed by atoms with van der Waals surface area (Å²) in [7, 11) is 0. The van der Waals surface area contributed by atoms with Crippen molar-refractivity contribution in [3.63, 3.8) is 0 Å². The summed E-state index contributed by atoms with van der Waals surface area (Å²) in [6.45, 7) is 4.18. The van der Waals surface area contributed by atoms with Crippen LogP contribution < -0.4 is 4.57 Å². The van der Waals surface area contributed by atoms with Crippen LogP contribution in [0.3, 0.4) is 0 Å². The summed E-state index contributed by atoms with van der Waals surface area (Å²) in [6, 6.07) is 10.8. The molecule has 5 heteroatoms. The molecule has 3 nitrogen and oxygen atoms in total. The van der Waals surface area contributed by atoms with Gasteiger partial charge in [-0.3, -0.25) is 9.97 Å². The number of aromatic nitrogens is 3. The van der Waals surface area contributed by atoms with E-state index in [-0.39, 0.29) is 5.82 Å². The number of nitrogens with zero attached hydrogens (tertiary/aromatic N) is 3. The van der Waals surface area contributed by atoms with Gasteiger partial charge >= 0.3 is 0 Å². The van der Waals surface area contributed by atoms with Crippen LogP contribution in [0, 0.1) is 19.7 Å². The summed E-state index contributed by atoms with van der Waals surface area (Å²) < 4.78 is 16.7. The van der Waals surface area contributed by atoms with E-state index in [0.717, 1.165) is 33.6 Å². The van der Waals surface area contributed by atoms with Gasteiger partial charge in [-0.05, 0) is 54.4 Å². The first-order valence-corrected chi connectivity index (χ1v) is 9.14. The second-order valence-electron chi connectivity index (χ2n) is 6.06. The molecule has 0 bridgehead atoms. The highest BCUT2D eigenvalue weighted by atomic mass is 32.1. The second kappa shape index (κ2) is 6.77. The Morgan fingerprint density at radius 1 is 0.846 bits per heavy atom. The van der Waals surface area contributed by atoms with Crippen LogP contribution in [-0.4, -0.2) is 9.97 Å². The highest BCUT2D eigenvalue weighted by molar-refractivity contribution is 7.09. The lowest BCUT2D eigenvalue weighted by atomic mass is 9.96. The molecule has 0 fully saturated rings. The molecule has 0 amide bonds. The number of halogens is 1. The van der Waals surface area contributed by atoms with Gasteiger partial charge in [0.15, 0.2) is 5.69 Å². The third-order valence-corrected chi connectivity index (χ3v) is 5.47. The summed E-state index contributed by atoms with van der Waals surface area (Å²) in [4.78, 5) is 9.41. The zero-order chi connectivity index (χ0) is 18.1. The van der Waals surface area contributed by atoms with Gasteiger partial charge in [-0.25, -0.2) is 4.39 Å². The Hall–Kier alpha value is -2.92. The summed E-state index contributed by atoms with van der Waals surface area (Å²) in [5.41, 5.74) is 7.72. The maximum Gasteiger partial charge on any atom is 0.231 e. The van der Waals surface area contributed by atoms with Gasteiger partial charge in [0.2, 0.25) is 11.2 Å². The van der Waals surface area contributed by atoms with Gasteiger partial charge in [-0.15, -0.1) is 0 Å². The van der Waals surface area contributed by atoms with E-state index < -0.39 is 0 Å². The Bertz CT molecular complexity index is 999. The predicted molar refractivity (Wildman–Crippen MR) is 102 cm³/mol. The van der Waals surface area contributed by atoms with Crippen molar-refractivity contribution in [1.82, 2.24) is 9.97 Å². The number of benzene rings is 1. The smallest absolute Gasteiger partial charge is 0.231 e. The van der Waals surface area contributed by atoms with E-state index in [4.69, 9.17) is 0 Å². The molecule has 0 atom stereocenters. The molecule has 128 valence electrons. The Labute approximate surface area is 155 Å². The molecule has 0 aliphatic carbocycles. The molecule has 4 aromatic rings. The normalized spacial score (nSPS) is 10.9. The topological polar surface area (TPSA) is 29.7 Å². The van der Waals surface area contributed by atoms with Crippen molar-refractivity contribution in [2.24, 2.45) is 0 Å². The van der Waals surface area contributed by atoms with Gasteiger partial charge in [0.1, 0.15) is 5.82 Å². The van der Waals surface area contributed by atoms with Gasteiger partial charge in [-0.2, -0.15) is 4.57 Å². The number of thiazole rings is 1. The molecule has 3 heterocycles. The van der Waals surface area contributed by atoms with Crippen LogP contribution in [0.15, 0.2) is 66.7 Å². The lowest BCUT2D eigenvalue weighted by molar-refractivity contribution is -0.596. The summed E-state index contributed by atoms with van der Waals surface area (Å²) in [6.07, 6.45) is 6.91. The minimum Gasteiger partial charge on any atom is -0.265 e. The third kappa shape index (κ3) is 2.91. The molecular weight excluding hydrogens is 345 g/mol. The summed E-state index contributed by atoms with van der Waals surface area (Å²) >= 11 is 1.68. The van der Waals surface area contributed by atoms with Crippen molar-refractivity contribution >= 4 is 11.3 Å². The van der Waals surface area contributed by atoms with Crippen molar-refractivity contribution in [2.75, 3.05) is 0 Å². The van der Waals surface area contributed by atoms with E-state index in [9.17, 15) is 4.39 Å². The standard InChI is InChI=1S/C21H17FN3S/c1-14-15(2)26-13-25(14)21-19(16-3-7-23-8-4-16)11-18(22)12-20(21)17-5-9-24-10-6-17/h3-13H,1-2H3/q+1. The van der Waals surface area contributed by atoms with Crippen LogP contribution >= 0.6 is 11.3 Å². The van der Waals surface area contributed by atoms with Crippen LogP contribution in [0.4, 0.5) is 4.39 Å². The maximum atomic E-state index is 14.6. The number of aryl methyl sites for hydroxylation is 1. The Balaban J connectivity index is 2.09. The molecule has 0 radical (unpaired) electrons. The molecule has 0 aliphatic heterocycles. The molecular formula is C21H17FN3S+. The molecule has 1 aromatic carbocycles. The van der Waals surface area contributed by atoms with Crippen molar-refractivity contribution in [3.05, 3.63) is 83.1 Å². The fraction of sp³-hybridized carbons (Fsp3) is 0.0952. The lowest BCUT2D eigenvalue weighted by Crippen LogP contribution is -2.33. The van der Waals surface area contributed by atoms with E-state index in [0.29, 0.717) is 0 Å². The number of pyridine rings is 2. The van der Waals surface area contributed by atoms with E-state index >= 15 is 0 Å². The van der Waals surface area contributed by atoms with Crippen molar-refractivity contribution in [2.45, 2.75) is 13.8 Å². The van der Waals surface area contributed by atoms with Crippen LogP contribution in [-0.2, 0) is 0 Å². The average molecular weight is 362 g/mol. The molecule has 26 heavy (non-hydrogen) atoms. The first-order chi connectivity index (χ1) is 12.6. The lowest BCUT2D eigenvalue weighted by Gasteiger charge is -2.11. The second-order valence-corrected chi connectivity index (χ2v) is 7.12. The third-order valence-electron chi connectivity index (χ3n) is 4.50. The van der Waals surface area contributed by atoms with E-state index in [2.05, 4.69) is 33.9 Å². The van der Waals surface area contributed by atoms with Gasteiger partial charge in [0.05, 0.1) is 16.0 Å². The van der Waals surface area contributed by atoms with Gasteiger partial charge in [0.25, 0.3) is 0 Å². The quantitative estimate of drug-likeness (QED) is 0.485. The molecule has 0 unspecified atom stereocenters. The molecule has 3 aromatic heterocycles. The zero-order valence-corrected chi connectivity index (χ0v) is 15.3. The van der Waals surface area contributed by atoms with Crippen molar-refractivity contribution in [1.29, 1.82) is 0 Å². The molecule has 4 rings (SSSR count). The van der Waals surface area contributed by atoms with Gasteiger partial charge in [-0.1, -0.05) is 11.3 Å². The number of hydrogen-bond acceptors (Lipinski definition) is 3. The van der Waals surface area contributed by atoms with Gasteiger partial charge < -0.3 is 0 Å². The predicted octanol–water partition coefficient (Wildman–Crippen LogP) is 4.90. The van der Waals surface area contributed by atoms with E-state index in [1.807, 2.05) is 24.3 Å². The van der Waals surface area contributed by atoms with E-state index in [1.165, 1.54) is 4.88 Å². The largest absolute Gasteiger partial charge is 0.265 e. The fourth-order valence-electron chi connectivity index (χ4n) is 3.05. The number of rotatable bonds is 3. The molecule has 0 spiro atoms. The van der Waals surface area contributed by atoms with E-state index in [1.54, 1.807) is 48.3 Å². The fourth-order valence-corrected chi connectivity index (χ4v) is 3.84. The minimum absolute atomic E-state index is 0.266. The Kier molecular flexibility index (Phi) is 4.31. The SMILES string of the molecule is Cc1sc[n+](-c2c(-c3ccncc3)cc(F)cc2-c2ccncc2)c1C. The van der Waals surface area contributed by atoms with Crippen molar-refractivity contribution < 1.29 is 8.96 Å².